The van der Waals surface area contributed by atoms with Gasteiger partial charge in [-0.25, -0.2) is 14.4 Å². The minimum absolute atomic E-state index is 0.0413. The van der Waals surface area contributed by atoms with Gasteiger partial charge in [0, 0.05) is 35.6 Å². The molecule has 208 valence electrons. The number of fused-ring (bicyclic) bond motifs is 1. The number of carbonyl (C=O) groups is 2. The van der Waals surface area contributed by atoms with Crippen LogP contribution in [-0.4, -0.2) is 28.8 Å². The minimum Gasteiger partial charge on any atom is -0.373 e. The summed E-state index contributed by atoms with van der Waals surface area (Å²) in [5.41, 5.74) is -0.857. The predicted octanol–water partition coefficient (Wildman–Crippen LogP) is 6.41. The highest BCUT2D eigenvalue weighted by molar-refractivity contribution is 6.06. The van der Waals surface area contributed by atoms with E-state index in [-0.39, 0.29) is 18.1 Å². The van der Waals surface area contributed by atoms with Crippen LogP contribution >= 0.6 is 0 Å². The summed E-state index contributed by atoms with van der Waals surface area (Å²) in [5, 5.41) is 8.78. The Kier molecular flexibility index (Phi) is 7.77. The van der Waals surface area contributed by atoms with Crippen molar-refractivity contribution in [2.45, 2.75) is 33.5 Å². The zero-order valence-electron chi connectivity index (χ0n) is 22.2. The van der Waals surface area contributed by atoms with Crippen LogP contribution in [0.1, 0.15) is 42.3 Å². The standard InChI is InChI=1S/C29H27F4N5O2/c1-28(2,3)27(40)35-15-16-5-12-22(29(31,32)33)21(13-16)26(39)36-19-10-11-20-23(14-19)37-24(38-25(20)34-4)17-6-8-18(30)9-7-17/h5-14H,15H2,1-4H3,(H,35,40)(H,36,39)(H,34,37,38). The van der Waals surface area contributed by atoms with Crippen molar-refractivity contribution in [3.8, 4) is 11.4 Å². The van der Waals surface area contributed by atoms with Crippen molar-refractivity contribution in [1.29, 1.82) is 0 Å². The summed E-state index contributed by atoms with van der Waals surface area (Å²) in [5.74, 6) is -0.895. The number of anilines is 2. The van der Waals surface area contributed by atoms with E-state index < -0.39 is 34.4 Å². The Bertz CT molecular complexity index is 1580. The number of rotatable bonds is 6. The number of hydrogen-bond donors (Lipinski definition) is 3. The van der Waals surface area contributed by atoms with E-state index in [1.165, 1.54) is 42.5 Å². The molecule has 0 saturated heterocycles. The number of amides is 2. The molecule has 0 aliphatic carbocycles. The predicted molar refractivity (Wildman–Crippen MR) is 145 cm³/mol. The Balaban J connectivity index is 1.67. The first-order chi connectivity index (χ1) is 18.8. The van der Waals surface area contributed by atoms with Gasteiger partial charge in [-0.2, -0.15) is 13.2 Å². The lowest BCUT2D eigenvalue weighted by molar-refractivity contribution is -0.138. The van der Waals surface area contributed by atoms with E-state index in [0.29, 0.717) is 33.7 Å². The van der Waals surface area contributed by atoms with Crippen molar-refractivity contribution in [1.82, 2.24) is 15.3 Å². The van der Waals surface area contributed by atoms with Crippen molar-refractivity contribution in [3.63, 3.8) is 0 Å². The Morgan fingerprint density at radius 3 is 2.23 bits per heavy atom. The van der Waals surface area contributed by atoms with Crippen LogP contribution in [0.15, 0.2) is 60.7 Å². The van der Waals surface area contributed by atoms with Gasteiger partial charge in [0.25, 0.3) is 5.91 Å². The second-order valence-corrected chi connectivity index (χ2v) is 10.1. The number of benzene rings is 3. The van der Waals surface area contributed by atoms with Gasteiger partial charge in [0.15, 0.2) is 5.82 Å². The van der Waals surface area contributed by atoms with E-state index in [1.54, 1.807) is 33.9 Å². The van der Waals surface area contributed by atoms with Gasteiger partial charge in [-0.3, -0.25) is 9.59 Å². The lowest BCUT2D eigenvalue weighted by Gasteiger charge is -2.19. The van der Waals surface area contributed by atoms with E-state index in [9.17, 15) is 27.2 Å². The van der Waals surface area contributed by atoms with Gasteiger partial charge in [-0.1, -0.05) is 26.8 Å². The largest absolute Gasteiger partial charge is 0.417 e. The van der Waals surface area contributed by atoms with E-state index in [2.05, 4.69) is 25.9 Å². The maximum atomic E-state index is 13.8. The quantitative estimate of drug-likeness (QED) is 0.240. The molecule has 4 aromatic rings. The zero-order chi connectivity index (χ0) is 29.2. The lowest BCUT2D eigenvalue weighted by Crippen LogP contribution is -2.34. The molecule has 1 heterocycles. The fourth-order valence-corrected chi connectivity index (χ4v) is 3.91. The Hall–Kier alpha value is -4.54. The Morgan fingerprint density at radius 1 is 0.900 bits per heavy atom. The first kappa shape index (κ1) is 28.5. The van der Waals surface area contributed by atoms with Gasteiger partial charge in [0.2, 0.25) is 5.91 Å². The third-order valence-corrected chi connectivity index (χ3v) is 6.06. The van der Waals surface area contributed by atoms with Crippen LogP contribution in [0.25, 0.3) is 22.3 Å². The molecule has 0 aliphatic heterocycles. The summed E-state index contributed by atoms with van der Waals surface area (Å²) in [4.78, 5) is 34.3. The third kappa shape index (κ3) is 6.36. The molecule has 0 spiro atoms. The molecule has 1 aromatic heterocycles. The van der Waals surface area contributed by atoms with Crippen LogP contribution in [-0.2, 0) is 17.5 Å². The van der Waals surface area contributed by atoms with Crippen LogP contribution in [0.4, 0.5) is 29.1 Å². The molecule has 4 rings (SSSR count). The molecule has 2 amide bonds. The SMILES string of the molecule is CNc1nc(-c2ccc(F)cc2)nc2cc(NC(=O)c3cc(CNC(=O)C(C)(C)C)ccc3C(F)(F)F)ccc12. The highest BCUT2D eigenvalue weighted by Crippen LogP contribution is 2.33. The monoisotopic (exact) mass is 553 g/mol. The molecule has 0 radical (unpaired) electrons. The van der Waals surface area contributed by atoms with Crippen LogP contribution in [0, 0.1) is 11.2 Å². The lowest BCUT2D eigenvalue weighted by atomic mass is 9.95. The first-order valence-electron chi connectivity index (χ1n) is 12.3. The first-order valence-corrected chi connectivity index (χ1v) is 12.3. The third-order valence-electron chi connectivity index (χ3n) is 6.06. The van der Waals surface area contributed by atoms with Crippen LogP contribution in [0.2, 0.25) is 0 Å². The van der Waals surface area contributed by atoms with E-state index in [4.69, 9.17) is 0 Å². The summed E-state index contributed by atoms with van der Waals surface area (Å²) in [6.45, 7) is 5.10. The van der Waals surface area contributed by atoms with Gasteiger partial charge >= 0.3 is 6.18 Å². The van der Waals surface area contributed by atoms with Gasteiger partial charge in [-0.05, 0) is 60.2 Å². The molecule has 0 atom stereocenters. The summed E-state index contributed by atoms with van der Waals surface area (Å²) >= 11 is 0. The molecule has 0 fully saturated rings. The number of halogens is 4. The molecule has 0 bridgehead atoms. The van der Waals surface area contributed by atoms with Crippen LogP contribution in [0.5, 0.6) is 0 Å². The minimum atomic E-state index is -4.78. The number of carbonyl (C=O) groups excluding carboxylic acids is 2. The number of alkyl halides is 3. The second-order valence-electron chi connectivity index (χ2n) is 10.1. The summed E-state index contributed by atoms with van der Waals surface area (Å²) in [6, 6.07) is 13.5. The van der Waals surface area contributed by atoms with Gasteiger partial charge in [0.1, 0.15) is 11.6 Å². The van der Waals surface area contributed by atoms with Crippen LogP contribution < -0.4 is 16.0 Å². The molecule has 0 unspecified atom stereocenters. The molecule has 3 aromatic carbocycles. The average molecular weight is 554 g/mol. The number of nitrogens with zero attached hydrogens (tertiary/aromatic N) is 2. The van der Waals surface area contributed by atoms with Gasteiger partial charge in [-0.15, -0.1) is 0 Å². The Labute approximate surface area is 228 Å². The molecule has 0 aliphatic rings. The molecular weight excluding hydrogens is 526 g/mol. The van der Waals surface area contributed by atoms with Crippen molar-refractivity contribution in [2.24, 2.45) is 5.41 Å². The topological polar surface area (TPSA) is 96.0 Å². The van der Waals surface area contributed by atoms with Crippen molar-refractivity contribution in [3.05, 3.63) is 83.2 Å². The second kappa shape index (κ2) is 10.9. The number of aromatic nitrogens is 2. The maximum absolute atomic E-state index is 13.8. The average Bonchev–Trinajstić information content (AvgIpc) is 2.90. The summed E-state index contributed by atoms with van der Waals surface area (Å²) in [6.07, 6.45) is -4.78. The highest BCUT2D eigenvalue weighted by Gasteiger charge is 2.35. The van der Waals surface area contributed by atoms with Crippen molar-refractivity contribution in [2.75, 3.05) is 17.7 Å². The molecule has 3 N–H and O–H groups in total. The maximum Gasteiger partial charge on any atom is 0.417 e. The van der Waals surface area contributed by atoms with E-state index in [1.807, 2.05) is 0 Å². The molecule has 11 heteroatoms. The number of hydrogen-bond acceptors (Lipinski definition) is 5. The van der Waals surface area contributed by atoms with Gasteiger partial charge < -0.3 is 16.0 Å². The van der Waals surface area contributed by atoms with E-state index >= 15 is 0 Å². The fraction of sp³-hybridized carbons (Fsp3) is 0.241. The number of nitrogens with one attached hydrogen (secondary N) is 3. The fourth-order valence-electron chi connectivity index (χ4n) is 3.91. The smallest absolute Gasteiger partial charge is 0.373 e. The van der Waals surface area contributed by atoms with Crippen molar-refractivity contribution >= 4 is 34.2 Å². The molecule has 7 nitrogen and oxygen atoms in total. The summed E-state index contributed by atoms with van der Waals surface area (Å²) < 4.78 is 54.7. The molecular formula is C29H27F4N5O2. The normalized spacial score (nSPS) is 11.8. The van der Waals surface area contributed by atoms with Crippen LogP contribution in [0.3, 0.4) is 0 Å². The highest BCUT2D eigenvalue weighted by atomic mass is 19.4. The van der Waals surface area contributed by atoms with Gasteiger partial charge in [0.05, 0.1) is 16.6 Å². The molecule has 40 heavy (non-hydrogen) atoms. The molecule has 0 saturated carbocycles. The summed E-state index contributed by atoms with van der Waals surface area (Å²) in [7, 11) is 1.67. The van der Waals surface area contributed by atoms with E-state index in [0.717, 1.165) is 12.1 Å². The zero-order valence-corrected chi connectivity index (χ0v) is 22.2. The van der Waals surface area contributed by atoms with Crippen molar-refractivity contribution < 1.29 is 27.2 Å². The Morgan fingerprint density at radius 2 is 1.60 bits per heavy atom.